The molecule has 0 bridgehead atoms. The summed E-state index contributed by atoms with van der Waals surface area (Å²) in [6, 6.07) is 20.4. The van der Waals surface area contributed by atoms with E-state index in [1.165, 1.54) is 5.56 Å². The van der Waals surface area contributed by atoms with E-state index < -0.39 is 0 Å². The highest BCUT2D eigenvalue weighted by Crippen LogP contribution is 2.47. The van der Waals surface area contributed by atoms with Gasteiger partial charge in [-0.2, -0.15) is 5.10 Å². The van der Waals surface area contributed by atoms with Gasteiger partial charge in [-0.25, -0.2) is 5.01 Å². The summed E-state index contributed by atoms with van der Waals surface area (Å²) in [6.45, 7) is 0. The lowest BCUT2D eigenvalue weighted by molar-refractivity contribution is -0.0190. The average molecular weight is 395 g/mol. The van der Waals surface area contributed by atoms with Gasteiger partial charge in [-0.3, -0.25) is 0 Å². The van der Waals surface area contributed by atoms with Crippen LogP contribution < -0.4 is 4.74 Å². The van der Waals surface area contributed by atoms with Gasteiger partial charge in [-0.1, -0.05) is 46.3 Å². The maximum Gasteiger partial charge on any atom is 0.213 e. The molecule has 0 spiro atoms. The summed E-state index contributed by atoms with van der Waals surface area (Å²) < 4.78 is 12.9. The number of para-hydroxylation sites is 1. The van der Waals surface area contributed by atoms with Crippen LogP contribution in [0.15, 0.2) is 80.9 Å². The number of hydrogen-bond donors (Lipinski definition) is 0. The van der Waals surface area contributed by atoms with Crippen molar-refractivity contribution in [3.8, 4) is 5.75 Å². The highest BCUT2D eigenvalue weighted by Gasteiger charge is 2.41. The van der Waals surface area contributed by atoms with Gasteiger partial charge >= 0.3 is 0 Å². The van der Waals surface area contributed by atoms with E-state index in [-0.39, 0.29) is 12.3 Å². The number of nitrogens with zero attached hydrogens (tertiary/aromatic N) is 2. The third-order valence-electron chi connectivity index (χ3n) is 4.66. The highest BCUT2D eigenvalue weighted by atomic mass is 79.9. The van der Waals surface area contributed by atoms with Gasteiger partial charge in [0.15, 0.2) is 0 Å². The van der Waals surface area contributed by atoms with Crippen molar-refractivity contribution >= 4 is 21.6 Å². The number of hydrogen-bond acceptors (Lipinski definition) is 4. The molecular formula is C20H15BrN2O2. The fourth-order valence-electron chi connectivity index (χ4n) is 3.47. The van der Waals surface area contributed by atoms with Crippen LogP contribution in [0.3, 0.4) is 0 Å². The lowest BCUT2D eigenvalue weighted by Gasteiger charge is -2.38. The Balaban J connectivity index is 1.60. The molecule has 1 aromatic heterocycles. The van der Waals surface area contributed by atoms with Gasteiger partial charge in [0, 0.05) is 22.0 Å². The lowest BCUT2D eigenvalue weighted by Crippen LogP contribution is -2.33. The van der Waals surface area contributed by atoms with Crippen LogP contribution in [-0.2, 0) is 0 Å². The van der Waals surface area contributed by atoms with Crippen LogP contribution in [0, 0.1) is 0 Å². The largest absolute Gasteiger partial charge is 0.464 e. The summed E-state index contributed by atoms with van der Waals surface area (Å²) >= 11 is 3.49. The van der Waals surface area contributed by atoms with E-state index in [1.807, 2.05) is 42.5 Å². The standard InChI is InChI=1S/C20H15BrN2O2/c21-14-9-7-13(8-10-14)20-23-17(15-4-1-2-5-18(15)25-20)12-16(22-23)19-6-3-11-24-19/h1-11,17,20H,12H2/t17-,20+/m0/s1. The minimum absolute atomic E-state index is 0.152. The smallest absolute Gasteiger partial charge is 0.213 e. The van der Waals surface area contributed by atoms with Crippen molar-refractivity contribution in [2.75, 3.05) is 0 Å². The first-order valence-electron chi connectivity index (χ1n) is 8.20. The molecule has 4 nitrogen and oxygen atoms in total. The molecule has 0 fully saturated rings. The molecule has 2 atom stereocenters. The van der Waals surface area contributed by atoms with Crippen molar-refractivity contribution in [3.05, 3.63) is 88.3 Å². The van der Waals surface area contributed by atoms with E-state index in [0.717, 1.165) is 33.7 Å². The second kappa shape index (κ2) is 5.77. The van der Waals surface area contributed by atoms with Gasteiger partial charge in [-0.15, -0.1) is 0 Å². The molecule has 0 aliphatic carbocycles. The van der Waals surface area contributed by atoms with Crippen LogP contribution in [-0.4, -0.2) is 10.7 Å². The molecule has 0 unspecified atom stereocenters. The van der Waals surface area contributed by atoms with E-state index in [0.29, 0.717) is 0 Å². The molecule has 0 saturated heterocycles. The first kappa shape index (κ1) is 14.8. The minimum Gasteiger partial charge on any atom is -0.464 e. The molecule has 0 amide bonds. The normalized spacial score (nSPS) is 21.3. The average Bonchev–Trinajstić information content (AvgIpc) is 3.31. The van der Waals surface area contributed by atoms with E-state index in [2.05, 4.69) is 39.1 Å². The van der Waals surface area contributed by atoms with Crippen molar-refractivity contribution in [1.29, 1.82) is 0 Å². The highest BCUT2D eigenvalue weighted by molar-refractivity contribution is 9.10. The fraction of sp³-hybridized carbons (Fsp3) is 0.150. The number of benzene rings is 2. The monoisotopic (exact) mass is 394 g/mol. The molecule has 0 radical (unpaired) electrons. The van der Waals surface area contributed by atoms with E-state index in [4.69, 9.17) is 14.3 Å². The second-order valence-electron chi connectivity index (χ2n) is 6.18. The molecule has 0 saturated carbocycles. The maximum absolute atomic E-state index is 6.31. The molecule has 2 aliphatic rings. The van der Waals surface area contributed by atoms with Crippen LogP contribution in [0.5, 0.6) is 5.75 Å². The molecule has 5 heteroatoms. The number of halogens is 1. The SMILES string of the molecule is Brc1ccc([C@H]2Oc3ccccc3[C@@H]3CC(c4ccco4)=NN23)cc1. The Bertz CT molecular complexity index is 935. The zero-order valence-corrected chi connectivity index (χ0v) is 14.9. The summed E-state index contributed by atoms with van der Waals surface area (Å²) in [4.78, 5) is 0. The molecular weight excluding hydrogens is 380 g/mol. The van der Waals surface area contributed by atoms with Gasteiger partial charge in [0.1, 0.15) is 17.2 Å². The number of furan rings is 1. The Hall–Kier alpha value is -2.53. The van der Waals surface area contributed by atoms with Crippen LogP contribution in [0.2, 0.25) is 0 Å². The van der Waals surface area contributed by atoms with E-state index >= 15 is 0 Å². The third-order valence-corrected chi connectivity index (χ3v) is 5.19. The molecule has 3 heterocycles. The van der Waals surface area contributed by atoms with E-state index in [9.17, 15) is 0 Å². The Morgan fingerprint density at radius 3 is 2.64 bits per heavy atom. The van der Waals surface area contributed by atoms with Crippen molar-refractivity contribution in [3.63, 3.8) is 0 Å². The minimum atomic E-state index is -0.250. The zero-order valence-electron chi connectivity index (χ0n) is 13.3. The molecule has 124 valence electrons. The van der Waals surface area contributed by atoms with Crippen molar-refractivity contribution in [2.24, 2.45) is 5.10 Å². The predicted molar refractivity (Wildman–Crippen MR) is 98.4 cm³/mol. The molecule has 2 aromatic carbocycles. The Morgan fingerprint density at radius 2 is 1.84 bits per heavy atom. The topological polar surface area (TPSA) is 38.0 Å². The summed E-state index contributed by atoms with van der Waals surface area (Å²) in [5.74, 6) is 1.74. The van der Waals surface area contributed by atoms with Gasteiger partial charge in [0.25, 0.3) is 0 Å². The van der Waals surface area contributed by atoms with Crippen LogP contribution >= 0.6 is 15.9 Å². The van der Waals surface area contributed by atoms with Crippen molar-refractivity contribution in [2.45, 2.75) is 18.7 Å². The van der Waals surface area contributed by atoms with Crippen molar-refractivity contribution < 1.29 is 9.15 Å². The fourth-order valence-corrected chi connectivity index (χ4v) is 3.74. The first-order chi connectivity index (χ1) is 12.3. The van der Waals surface area contributed by atoms with Crippen LogP contribution in [0.1, 0.15) is 35.6 Å². The Morgan fingerprint density at radius 1 is 1.00 bits per heavy atom. The lowest BCUT2D eigenvalue weighted by atomic mass is 9.97. The van der Waals surface area contributed by atoms with Gasteiger partial charge in [0.05, 0.1) is 12.3 Å². The summed E-state index contributed by atoms with van der Waals surface area (Å²) in [6.07, 6.45) is 2.24. The van der Waals surface area contributed by atoms with Gasteiger partial charge < -0.3 is 9.15 Å². The number of fused-ring (bicyclic) bond motifs is 3. The zero-order chi connectivity index (χ0) is 16.8. The predicted octanol–water partition coefficient (Wildman–Crippen LogP) is 5.28. The van der Waals surface area contributed by atoms with Crippen molar-refractivity contribution in [1.82, 2.24) is 5.01 Å². The number of hydrazone groups is 1. The van der Waals surface area contributed by atoms with Gasteiger partial charge in [-0.05, 0) is 30.3 Å². The van der Waals surface area contributed by atoms with E-state index in [1.54, 1.807) is 6.26 Å². The van der Waals surface area contributed by atoms with Crippen LogP contribution in [0.25, 0.3) is 0 Å². The maximum atomic E-state index is 6.31. The Kier molecular flexibility index (Phi) is 3.41. The third kappa shape index (κ3) is 2.46. The van der Waals surface area contributed by atoms with Crippen LogP contribution in [0.4, 0.5) is 0 Å². The number of rotatable bonds is 2. The summed E-state index contributed by atoms with van der Waals surface area (Å²) in [5.41, 5.74) is 3.20. The molecule has 3 aromatic rings. The quantitative estimate of drug-likeness (QED) is 0.592. The van der Waals surface area contributed by atoms with Gasteiger partial charge in [0.2, 0.25) is 6.23 Å². The summed E-state index contributed by atoms with van der Waals surface area (Å²) in [5, 5.41) is 6.91. The number of ether oxygens (including phenoxy) is 1. The first-order valence-corrected chi connectivity index (χ1v) is 8.99. The molecule has 25 heavy (non-hydrogen) atoms. The second-order valence-corrected chi connectivity index (χ2v) is 7.10. The summed E-state index contributed by atoms with van der Waals surface area (Å²) in [7, 11) is 0. The molecule has 2 aliphatic heterocycles. The Labute approximate surface area is 153 Å². The molecule has 5 rings (SSSR count). The molecule has 0 N–H and O–H groups in total.